The standard InChI is InChI=1S/C10H16N2S/c1-4-5-6-7-11-10-12-8(2)9(3)13-10/h4-5H,6-7H2,1-3H3,(H,11,12)/b5-4+. The zero-order chi connectivity index (χ0) is 9.68. The van der Waals surface area contributed by atoms with Crippen LogP contribution in [-0.2, 0) is 0 Å². The molecule has 72 valence electrons. The summed E-state index contributed by atoms with van der Waals surface area (Å²) in [5, 5.41) is 4.34. The molecule has 0 atom stereocenters. The molecular formula is C10H16N2S. The van der Waals surface area contributed by atoms with Crippen LogP contribution in [-0.4, -0.2) is 11.5 Å². The molecule has 0 fully saturated rings. The quantitative estimate of drug-likeness (QED) is 0.591. The largest absolute Gasteiger partial charge is 0.361 e. The van der Waals surface area contributed by atoms with E-state index in [-0.39, 0.29) is 0 Å². The van der Waals surface area contributed by atoms with Gasteiger partial charge in [-0.3, -0.25) is 0 Å². The Morgan fingerprint density at radius 2 is 2.23 bits per heavy atom. The number of aryl methyl sites for hydroxylation is 2. The van der Waals surface area contributed by atoms with E-state index < -0.39 is 0 Å². The van der Waals surface area contributed by atoms with E-state index in [1.807, 2.05) is 13.8 Å². The molecule has 1 rings (SSSR count). The molecule has 0 aromatic carbocycles. The summed E-state index contributed by atoms with van der Waals surface area (Å²) >= 11 is 1.73. The average molecular weight is 196 g/mol. The Bertz CT molecular complexity index is 270. The Kier molecular flexibility index (Phi) is 3.96. The predicted molar refractivity (Wildman–Crippen MR) is 59.5 cm³/mol. The average Bonchev–Trinajstić information content (AvgIpc) is 2.41. The highest BCUT2D eigenvalue weighted by Gasteiger charge is 2.00. The molecule has 0 amide bonds. The van der Waals surface area contributed by atoms with Crippen molar-refractivity contribution in [1.82, 2.24) is 4.98 Å². The fourth-order valence-electron chi connectivity index (χ4n) is 0.977. The lowest BCUT2D eigenvalue weighted by Gasteiger charge is -1.97. The lowest BCUT2D eigenvalue weighted by Crippen LogP contribution is -1.99. The number of allylic oxidation sites excluding steroid dienone is 1. The third kappa shape index (κ3) is 3.19. The number of nitrogens with zero attached hydrogens (tertiary/aromatic N) is 1. The number of hydrogen-bond donors (Lipinski definition) is 1. The van der Waals surface area contributed by atoms with E-state index in [4.69, 9.17) is 0 Å². The highest BCUT2D eigenvalue weighted by atomic mass is 32.1. The van der Waals surface area contributed by atoms with Gasteiger partial charge in [-0.25, -0.2) is 4.98 Å². The topological polar surface area (TPSA) is 24.9 Å². The highest BCUT2D eigenvalue weighted by molar-refractivity contribution is 7.15. The maximum Gasteiger partial charge on any atom is 0.183 e. The van der Waals surface area contributed by atoms with Crippen LogP contribution in [0.5, 0.6) is 0 Å². The third-order valence-electron chi connectivity index (χ3n) is 1.85. The summed E-state index contributed by atoms with van der Waals surface area (Å²) in [4.78, 5) is 5.69. The molecule has 0 radical (unpaired) electrons. The maximum atomic E-state index is 4.39. The first-order valence-corrected chi connectivity index (χ1v) is 5.34. The van der Waals surface area contributed by atoms with Crippen LogP contribution in [0.3, 0.4) is 0 Å². The van der Waals surface area contributed by atoms with E-state index >= 15 is 0 Å². The molecule has 1 N–H and O–H groups in total. The van der Waals surface area contributed by atoms with E-state index in [1.54, 1.807) is 11.3 Å². The Labute approximate surface area is 83.7 Å². The summed E-state index contributed by atoms with van der Waals surface area (Å²) in [5.41, 5.74) is 1.14. The SMILES string of the molecule is C/C=C/CCNc1nc(C)c(C)s1. The van der Waals surface area contributed by atoms with E-state index in [1.165, 1.54) is 4.88 Å². The number of nitrogens with one attached hydrogen (secondary N) is 1. The van der Waals surface area contributed by atoms with Crippen LogP contribution in [0, 0.1) is 13.8 Å². The second-order valence-electron chi connectivity index (χ2n) is 2.95. The van der Waals surface area contributed by atoms with Gasteiger partial charge in [0, 0.05) is 11.4 Å². The van der Waals surface area contributed by atoms with Crippen molar-refractivity contribution in [3.63, 3.8) is 0 Å². The van der Waals surface area contributed by atoms with Crippen LogP contribution in [0.25, 0.3) is 0 Å². The first kappa shape index (κ1) is 10.3. The zero-order valence-corrected chi connectivity index (χ0v) is 9.24. The number of aromatic nitrogens is 1. The van der Waals surface area contributed by atoms with Gasteiger partial charge < -0.3 is 5.32 Å². The molecule has 0 aliphatic heterocycles. The molecule has 0 saturated heterocycles. The molecule has 0 bridgehead atoms. The fourth-order valence-corrected chi connectivity index (χ4v) is 1.82. The molecular weight excluding hydrogens is 180 g/mol. The first-order chi connectivity index (χ1) is 6.24. The van der Waals surface area contributed by atoms with Crippen LogP contribution in [0.1, 0.15) is 23.9 Å². The van der Waals surface area contributed by atoms with Gasteiger partial charge in [0.05, 0.1) is 5.69 Å². The number of anilines is 1. The van der Waals surface area contributed by atoms with E-state index in [0.29, 0.717) is 0 Å². The minimum atomic E-state index is 0.969. The van der Waals surface area contributed by atoms with Crippen molar-refractivity contribution >= 4 is 16.5 Å². The van der Waals surface area contributed by atoms with Crippen molar-refractivity contribution in [2.75, 3.05) is 11.9 Å². The Morgan fingerprint density at radius 3 is 2.77 bits per heavy atom. The van der Waals surface area contributed by atoms with Gasteiger partial charge in [-0.15, -0.1) is 11.3 Å². The Morgan fingerprint density at radius 1 is 1.46 bits per heavy atom. The van der Waals surface area contributed by atoms with Gasteiger partial charge in [-0.1, -0.05) is 12.2 Å². The monoisotopic (exact) mass is 196 g/mol. The summed E-state index contributed by atoms with van der Waals surface area (Å²) in [6.45, 7) is 7.15. The van der Waals surface area contributed by atoms with Gasteiger partial charge in [0.25, 0.3) is 0 Å². The second-order valence-corrected chi connectivity index (χ2v) is 4.15. The van der Waals surface area contributed by atoms with Gasteiger partial charge in [0.15, 0.2) is 5.13 Å². The van der Waals surface area contributed by atoms with Crippen LogP contribution in [0.4, 0.5) is 5.13 Å². The van der Waals surface area contributed by atoms with Gasteiger partial charge in [-0.2, -0.15) is 0 Å². The van der Waals surface area contributed by atoms with Crippen LogP contribution >= 0.6 is 11.3 Å². The second kappa shape index (κ2) is 5.02. The summed E-state index contributed by atoms with van der Waals surface area (Å²) < 4.78 is 0. The van der Waals surface area contributed by atoms with Gasteiger partial charge in [0.1, 0.15) is 0 Å². The normalized spacial score (nSPS) is 11.0. The maximum absolute atomic E-state index is 4.39. The van der Waals surface area contributed by atoms with Crippen molar-refractivity contribution in [3.05, 3.63) is 22.7 Å². The molecule has 1 aromatic rings. The van der Waals surface area contributed by atoms with E-state index in [9.17, 15) is 0 Å². The Hall–Kier alpha value is -0.830. The molecule has 1 heterocycles. The highest BCUT2D eigenvalue weighted by Crippen LogP contribution is 2.20. The lowest BCUT2D eigenvalue weighted by molar-refractivity contribution is 1.05. The van der Waals surface area contributed by atoms with Gasteiger partial charge in [0.2, 0.25) is 0 Å². The summed E-state index contributed by atoms with van der Waals surface area (Å²) in [5.74, 6) is 0. The Balaban J connectivity index is 2.37. The molecule has 3 heteroatoms. The predicted octanol–water partition coefficient (Wildman–Crippen LogP) is 3.14. The van der Waals surface area contributed by atoms with E-state index in [0.717, 1.165) is 23.8 Å². The summed E-state index contributed by atoms with van der Waals surface area (Å²) in [7, 11) is 0. The lowest BCUT2D eigenvalue weighted by atomic mass is 10.4. The van der Waals surface area contributed by atoms with Crippen LogP contribution in [0.15, 0.2) is 12.2 Å². The minimum absolute atomic E-state index is 0.969. The third-order valence-corrected chi connectivity index (χ3v) is 2.88. The molecule has 0 spiro atoms. The summed E-state index contributed by atoms with van der Waals surface area (Å²) in [6.07, 6.45) is 5.29. The smallest absolute Gasteiger partial charge is 0.183 e. The minimum Gasteiger partial charge on any atom is -0.361 e. The van der Waals surface area contributed by atoms with Crippen molar-refractivity contribution in [3.8, 4) is 0 Å². The van der Waals surface area contributed by atoms with Crippen molar-refractivity contribution in [2.24, 2.45) is 0 Å². The molecule has 13 heavy (non-hydrogen) atoms. The molecule has 0 unspecified atom stereocenters. The van der Waals surface area contributed by atoms with Crippen LogP contribution in [0.2, 0.25) is 0 Å². The molecule has 0 aliphatic rings. The van der Waals surface area contributed by atoms with Gasteiger partial charge in [-0.05, 0) is 27.2 Å². The molecule has 0 saturated carbocycles. The molecule has 2 nitrogen and oxygen atoms in total. The molecule has 0 aliphatic carbocycles. The van der Waals surface area contributed by atoms with Crippen LogP contribution < -0.4 is 5.32 Å². The first-order valence-electron chi connectivity index (χ1n) is 4.53. The fraction of sp³-hybridized carbons (Fsp3) is 0.500. The van der Waals surface area contributed by atoms with Crippen molar-refractivity contribution < 1.29 is 0 Å². The zero-order valence-electron chi connectivity index (χ0n) is 8.42. The molecule has 1 aromatic heterocycles. The number of rotatable bonds is 4. The number of hydrogen-bond acceptors (Lipinski definition) is 3. The van der Waals surface area contributed by atoms with E-state index in [2.05, 4.69) is 29.4 Å². The summed E-state index contributed by atoms with van der Waals surface area (Å²) in [6, 6.07) is 0. The van der Waals surface area contributed by atoms with Crippen molar-refractivity contribution in [2.45, 2.75) is 27.2 Å². The number of thiazole rings is 1. The van der Waals surface area contributed by atoms with Gasteiger partial charge >= 0.3 is 0 Å². The van der Waals surface area contributed by atoms with Crippen molar-refractivity contribution in [1.29, 1.82) is 0 Å².